The van der Waals surface area contributed by atoms with E-state index in [1.54, 1.807) is 26.0 Å². The maximum atomic E-state index is 13.6. The Kier molecular flexibility index (Phi) is 5.55. The summed E-state index contributed by atoms with van der Waals surface area (Å²) in [4.78, 5) is 13.6. The lowest BCUT2D eigenvalue weighted by atomic mass is 9.69. The van der Waals surface area contributed by atoms with Crippen molar-refractivity contribution in [2.75, 3.05) is 5.75 Å². The van der Waals surface area contributed by atoms with Crippen LogP contribution in [-0.2, 0) is 29.6 Å². The number of carbonyl (C=O) groups is 1. The third-order valence-electron chi connectivity index (χ3n) is 7.85. The van der Waals surface area contributed by atoms with Gasteiger partial charge in [-0.1, -0.05) is 31.5 Å². The standard InChI is InChI=1S/C22H32N2O6S2/c1-14(2)30-19(23-32(28,29)17-8-6-15(3)7-9-17)20(25)24-18-12-16-10-11-22(18,21(16,4)5)13-31(24,26)27/h6-9,14,16,18-19,23H,10-13H2,1-5H3/t16-,18-,19+,22-/m1/s1. The largest absolute Gasteiger partial charge is 0.350 e. The molecule has 0 radical (unpaired) electrons. The first-order chi connectivity index (χ1) is 14.7. The fourth-order valence-electron chi connectivity index (χ4n) is 6.03. The predicted molar refractivity (Wildman–Crippen MR) is 119 cm³/mol. The molecule has 3 aliphatic rings. The molecule has 1 aromatic carbocycles. The number of nitrogens with one attached hydrogen (secondary N) is 1. The third kappa shape index (κ3) is 3.50. The van der Waals surface area contributed by atoms with Gasteiger partial charge in [-0.3, -0.25) is 4.79 Å². The highest BCUT2D eigenvalue weighted by Crippen LogP contribution is 2.70. The summed E-state index contributed by atoms with van der Waals surface area (Å²) in [6.45, 7) is 9.36. The molecule has 1 heterocycles. The van der Waals surface area contributed by atoms with Crippen molar-refractivity contribution in [2.45, 2.75) is 77.2 Å². The summed E-state index contributed by atoms with van der Waals surface area (Å²) in [7, 11) is -8.01. The number of amides is 1. The molecular weight excluding hydrogens is 452 g/mol. The molecule has 2 saturated carbocycles. The van der Waals surface area contributed by atoms with Crippen molar-refractivity contribution in [3.05, 3.63) is 29.8 Å². The molecule has 0 aromatic heterocycles. The minimum atomic E-state index is -4.11. The van der Waals surface area contributed by atoms with E-state index >= 15 is 0 Å². The van der Waals surface area contributed by atoms with Crippen LogP contribution in [0.3, 0.4) is 0 Å². The summed E-state index contributed by atoms with van der Waals surface area (Å²) in [6.07, 6.45) is 0.182. The van der Waals surface area contributed by atoms with Crippen LogP contribution < -0.4 is 4.72 Å². The zero-order chi connectivity index (χ0) is 23.7. The van der Waals surface area contributed by atoms with Gasteiger partial charge >= 0.3 is 0 Å². The number of ether oxygens (including phenoxy) is 1. The lowest BCUT2D eigenvalue weighted by Crippen LogP contribution is -2.54. The Morgan fingerprint density at radius 3 is 2.41 bits per heavy atom. The number of rotatable bonds is 6. The van der Waals surface area contributed by atoms with E-state index in [0.717, 1.165) is 22.7 Å². The van der Waals surface area contributed by atoms with Crippen molar-refractivity contribution in [1.29, 1.82) is 0 Å². The lowest BCUT2D eigenvalue weighted by Gasteiger charge is -2.37. The van der Waals surface area contributed by atoms with Crippen LogP contribution in [-0.4, -0.2) is 51.2 Å². The van der Waals surface area contributed by atoms with E-state index in [1.807, 2.05) is 6.92 Å². The molecule has 32 heavy (non-hydrogen) atoms. The van der Waals surface area contributed by atoms with Gasteiger partial charge in [0.25, 0.3) is 5.91 Å². The SMILES string of the molecule is Cc1ccc(S(=O)(=O)N[C@@H](OC(C)C)C(=O)N2[C@@H]3C[C@H]4CC[C@]3(CS2(=O)=O)C4(C)C)cc1. The Morgan fingerprint density at radius 1 is 1.22 bits per heavy atom. The molecule has 1 amide bonds. The summed E-state index contributed by atoms with van der Waals surface area (Å²) in [6, 6.07) is 5.72. The Morgan fingerprint density at radius 2 is 1.84 bits per heavy atom. The zero-order valence-electron chi connectivity index (χ0n) is 19.2. The summed E-state index contributed by atoms with van der Waals surface area (Å²) >= 11 is 0. The van der Waals surface area contributed by atoms with Gasteiger partial charge in [-0.05, 0) is 63.5 Å². The number of fused-ring (bicyclic) bond motifs is 1. The monoisotopic (exact) mass is 484 g/mol. The number of carbonyl (C=O) groups excluding carboxylic acids is 1. The number of hydrogen-bond acceptors (Lipinski definition) is 6. The first kappa shape index (κ1) is 23.7. The minimum Gasteiger partial charge on any atom is -0.350 e. The summed E-state index contributed by atoms with van der Waals surface area (Å²) in [5.41, 5.74) is 0.197. The van der Waals surface area contributed by atoms with Crippen molar-refractivity contribution in [3.63, 3.8) is 0 Å². The van der Waals surface area contributed by atoms with Gasteiger partial charge in [0.1, 0.15) is 0 Å². The van der Waals surface area contributed by atoms with Gasteiger partial charge in [-0.25, -0.2) is 21.1 Å². The highest BCUT2D eigenvalue weighted by atomic mass is 32.2. The predicted octanol–water partition coefficient (Wildman–Crippen LogP) is 2.39. The van der Waals surface area contributed by atoms with Gasteiger partial charge in [0, 0.05) is 5.41 Å². The number of aryl methyl sites for hydroxylation is 1. The van der Waals surface area contributed by atoms with Crippen LogP contribution in [0.15, 0.2) is 29.2 Å². The van der Waals surface area contributed by atoms with E-state index in [1.165, 1.54) is 12.1 Å². The van der Waals surface area contributed by atoms with Gasteiger partial charge in [-0.15, -0.1) is 0 Å². The molecule has 8 nitrogen and oxygen atoms in total. The van der Waals surface area contributed by atoms with Crippen molar-refractivity contribution < 1.29 is 26.4 Å². The van der Waals surface area contributed by atoms with Crippen LogP contribution in [0.1, 0.15) is 52.5 Å². The Hall–Kier alpha value is -1.49. The van der Waals surface area contributed by atoms with Crippen LogP contribution in [0.4, 0.5) is 0 Å². The van der Waals surface area contributed by atoms with E-state index in [9.17, 15) is 21.6 Å². The number of sulfonamides is 2. The van der Waals surface area contributed by atoms with E-state index in [2.05, 4.69) is 18.6 Å². The molecule has 178 valence electrons. The maximum Gasteiger partial charge on any atom is 0.281 e. The summed E-state index contributed by atoms with van der Waals surface area (Å²) in [5, 5.41) is 0. The molecular formula is C22H32N2O6S2. The van der Waals surface area contributed by atoms with E-state index in [-0.39, 0.29) is 16.1 Å². The first-order valence-corrected chi connectivity index (χ1v) is 14.1. The van der Waals surface area contributed by atoms with Gasteiger partial charge in [-0.2, -0.15) is 4.72 Å². The van der Waals surface area contributed by atoms with Crippen molar-refractivity contribution in [2.24, 2.45) is 16.7 Å². The van der Waals surface area contributed by atoms with Crippen LogP contribution >= 0.6 is 0 Å². The second-order valence-corrected chi connectivity index (χ2v) is 13.8. The second kappa shape index (κ2) is 7.51. The van der Waals surface area contributed by atoms with Gasteiger partial charge in [0.05, 0.1) is 22.8 Å². The van der Waals surface area contributed by atoms with Gasteiger partial charge < -0.3 is 4.74 Å². The molecule has 1 N–H and O–H groups in total. The second-order valence-electron chi connectivity index (χ2n) is 10.3. The lowest BCUT2D eigenvalue weighted by molar-refractivity contribution is -0.145. The van der Waals surface area contributed by atoms with Crippen LogP contribution in [0.5, 0.6) is 0 Å². The Labute approximate surface area is 190 Å². The number of benzene rings is 1. The van der Waals surface area contributed by atoms with Crippen LogP contribution in [0.2, 0.25) is 0 Å². The van der Waals surface area contributed by atoms with Crippen LogP contribution in [0, 0.1) is 23.7 Å². The number of hydrogen-bond donors (Lipinski definition) is 1. The first-order valence-electron chi connectivity index (χ1n) is 11.0. The topological polar surface area (TPSA) is 110 Å². The average molecular weight is 485 g/mol. The quantitative estimate of drug-likeness (QED) is 0.621. The number of nitrogens with zero attached hydrogens (tertiary/aromatic N) is 1. The Bertz CT molecular complexity index is 1130. The van der Waals surface area contributed by atoms with Gasteiger partial charge in [0.15, 0.2) is 0 Å². The fraction of sp³-hybridized carbons (Fsp3) is 0.682. The molecule has 10 heteroatoms. The van der Waals surface area contributed by atoms with Crippen LogP contribution in [0.25, 0.3) is 0 Å². The summed E-state index contributed by atoms with van der Waals surface area (Å²) < 4.78 is 61.3. The summed E-state index contributed by atoms with van der Waals surface area (Å²) in [5.74, 6) is -0.606. The average Bonchev–Trinajstić information content (AvgIpc) is 3.14. The molecule has 4 atom stereocenters. The molecule has 1 aliphatic heterocycles. The normalized spacial score (nSPS) is 31.1. The molecule has 2 aliphatic carbocycles. The zero-order valence-corrected chi connectivity index (χ0v) is 20.8. The van der Waals surface area contributed by atoms with Gasteiger partial charge in [0.2, 0.25) is 26.3 Å². The minimum absolute atomic E-state index is 0.0185. The highest BCUT2D eigenvalue weighted by Gasteiger charge is 2.72. The fourth-order valence-corrected chi connectivity index (χ4v) is 9.64. The molecule has 2 bridgehead atoms. The molecule has 3 fully saturated rings. The smallest absolute Gasteiger partial charge is 0.281 e. The van der Waals surface area contributed by atoms with E-state index in [0.29, 0.717) is 12.3 Å². The van der Waals surface area contributed by atoms with Crippen molar-refractivity contribution in [1.82, 2.24) is 9.03 Å². The third-order valence-corrected chi connectivity index (χ3v) is 11.2. The molecule has 4 rings (SSSR count). The molecule has 1 aromatic rings. The maximum absolute atomic E-state index is 13.6. The molecule has 1 saturated heterocycles. The van der Waals surface area contributed by atoms with Crippen molar-refractivity contribution >= 4 is 26.0 Å². The Balaban J connectivity index is 1.67. The van der Waals surface area contributed by atoms with E-state index in [4.69, 9.17) is 4.74 Å². The molecule has 0 unspecified atom stereocenters. The molecule has 1 spiro atoms. The highest BCUT2D eigenvalue weighted by molar-refractivity contribution is 7.90. The van der Waals surface area contributed by atoms with E-state index < -0.39 is 49.7 Å². The van der Waals surface area contributed by atoms with Crippen molar-refractivity contribution in [3.8, 4) is 0 Å².